The van der Waals surface area contributed by atoms with Gasteiger partial charge in [0.2, 0.25) is 5.15 Å². The molecule has 1 aromatic heterocycles. The van der Waals surface area contributed by atoms with Crippen molar-refractivity contribution in [3.8, 4) is 0 Å². The fourth-order valence-electron chi connectivity index (χ4n) is 0.499. The second-order valence-electron chi connectivity index (χ2n) is 1.58. The molecule has 4 nitrogen and oxygen atoms in total. The molecular weight excluding hydrogens is 180 g/mol. The first kappa shape index (κ1) is 10.8. The van der Waals surface area contributed by atoms with Gasteiger partial charge in [0.1, 0.15) is 0 Å². The van der Waals surface area contributed by atoms with Crippen LogP contribution in [-0.4, -0.2) is 9.91 Å². The Bertz CT molecular complexity index is 265. The van der Waals surface area contributed by atoms with Crippen LogP contribution in [0, 0.1) is 10.1 Å². The summed E-state index contributed by atoms with van der Waals surface area (Å²) >= 11 is 5.37. The Hall–Kier alpha value is -1.16. The van der Waals surface area contributed by atoms with E-state index in [1.165, 1.54) is 18.2 Å². The van der Waals surface area contributed by atoms with Crippen LogP contribution < -0.4 is 0 Å². The average Bonchev–Trinajstić information content (AvgIpc) is 2.08. The fourth-order valence-corrected chi connectivity index (χ4v) is 0.659. The van der Waals surface area contributed by atoms with Crippen molar-refractivity contribution in [1.82, 2.24) is 4.98 Å². The second kappa shape index (κ2) is 5.49. The van der Waals surface area contributed by atoms with E-state index in [1.807, 2.05) is 13.8 Å². The van der Waals surface area contributed by atoms with Crippen LogP contribution in [0.25, 0.3) is 0 Å². The molecule has 1 rings (SSSR count). The number of nitro groups is 1. The van der Waals surface area contributed by atoms with Crippen LogP contribution >= 0.6 is 11.6 Å². The third-order valence-electron chi connectivity index (χ3n) is 0.887. The van der Waals surface area contributed by atoms with Gasteiger partial charge in [-0.25, -0.2) is 0 Å². The van der Waals surface area contributed by atoms with Crippen molar-refractivity contribution >= 4 is 17.4 Å². The van der Waals surface area contributed by atoms with Gasteiger partial charge in [0.05, 0.1) is 0 Å². The number of hydrogen-bond donors (Lipinski definition) is 0. The Kier molecular flexibility index (Phi) is 4.96. The minimum atomic E-state index is -0.591. The molecule has 0 N–H and O–H groups in total. The van der Waals surface area contributed by atoms with Gasteiger partial charge in [-0.15, -0.1) is 0 Å². The predicted molar refractivity (Wildman–Crippen MR) is 47.2 cm³/mol. The van der Waals surface area contributed by atoms with Crippen LogP contribution in [0.15, 0.2) is 18.2 Å². The molecule has 0 unspecified atom stereocenters. The van der Waals surface area contributed by atoms with E-state index in [1.54, 1.807) is 0 Å². The largest absolute Gasteiger partial charge is 0.365 e. The van der Waals surface area contributed by atoms with Crippen LogP contribution in [0.2, 0.25) is 5.15 Å². The van der Waals surface area contributed by atoms with E-state index in [0.717, 1.165) is 0 Å². The number of nitrogens with zero attached hydrogens (tertiary/aromatic N) is 2. The highest BCUT2D eigenvalue weighted by Gasteiger charge is 2.05. The normalized spacial score (nSPS) is 8.25. The summed E-state index contributed by atoms with van der Waals surface area (Å²) in [6.07, 6.45) is 0. The molecule has 66 valence electrons. The van der Waals surface area contributed by atoms with E-state index >= 15 is 0 Å². The summed E-state index contributed by atoms with van der Waals surface area (Å²) in [6, 6.07) is 4.24. The molecule has 0 fully saturated rings. The highest BCUT2D eigenvalue weighted by molar-refractivity contribution is 6.29. The van der Waals surface area contributed by atoms with E-state index in [2.05, 4.69) is 4.98 Å². The molecule has 1 aromatic rings. The van der Waals surface area contributed by atoms with Gasteiger partial charge in [0.15, 0.2) is 0 Å². The minimum absolute atomic E-state index is 0.134. The summed E-state index contributed by atoms with van der Waals surface area (Å²) in [5.41, 5.74) is 0. The first-order valence-corrected chi connectivity index (χ1v) is 3.85. The molecule has 0 amide bonds. The number of halogens is 1. The predicted octanol–water partition coefficient (Wildman–Crippen LogP) is 2.67. The first-order valence-electron chi connectivity index (χ1n) is 3.47. The van der Waals surface area contributed by atoms with Crippen molar-refractivity contribution in [2.24, 2.45) is 0 Å². The molecule has 0 aromatic carbocycles. The third kappa shape index (κ3) is 3.30. The maximum atomic E-state index is 10.0. The highest BCUT2D eigenvalue weighted by Crippen LogP contribution is 2.10. The standard InChI is InChI=1S/C5H3ClN2O2.C2H6/c6-4-2-1-3-5(7-4)8(9)10;1-2/h1-3H;1-2H3. The van der Waals surface area contributed by atoms with Gasteiger partial charge in [0, 0.05) is 12.1 Å². The lowest BCUT2D eigenvalue weighted by Gasteiger charge is -1.88. The number of hydrogen-bond acceptors (Lipinski definition) is 3. The molecular formula is C7H9ClN2O2. The van der Waals surface area contributed by atoms with Crippen molar-refractivity contribution in [3.05, 3.63) is 33.5 Å². The van der Waals surface area contributed by atoms with E-state index < -0.39 is 4.92 Å². The van der Waals surface area contributed by atoms with Crippen molar-refractivity contribution in [2.45, 2.75) is 13.8 Å². The fraction of sp³-hybridized carbons (Fsp3) is 0.286. The molecule has 0 saturated carbocycles. The van der Waals surface area contributed by atoms with Crippen molar-refractivity contribution < 1.29 is 4.92 Å². The summed E-state index contributed by atoms with van der Waals surface area (Å²) in [4.78, 5) is 12.9. The van der Waals surface area contributed by atoms with Crippen LogP contribution in [0.5, 0.6) is 0 Å². The topological polar surface area (TPSA) is 56.0 Å². The van der Waals surface area contributed by atoms with Gasteiger partial charge in [-0.05, 0) is 27.6 Å². The van der Waals surface area contributed by atoms with E-state index in [9.17, 15) is 10.1 Å². The van der Waals surface area contributed by atoms with Gasteiger partial charge in [-0.1, -0.05) is 13.8 Å². The number of aromatic nitrogens is 1. The summed E-state index contributed by atoms with van der Waals surface area (Å²) in [5, 5.41) is 10.2. The number of pyridine rings is 1. The van der Waals surface area contributed by atoms with Gasteiger partial charge >= 0.3 is 5.82 Å². The van der Waals surface area contributed by atoms with Crippen LogP contribution in [0.1, 0.15) is 13.8 Å². The van der Waals surface area contributed by atoms with Gasteiger partial charge < -0.3 is 10.1 Å². The summed E-state index contributed by atoms with van der Waals surface area (Å²) < 4.78 is 0. The monoisotopic (exact) mass is 188 g/mol. The maximum absolute atomic E-state index is 10.0. The lowest BCUT2D eigenvalue weighted by molar-refractivity contribution is -0.389. The lowest BCUT2D eigenvalue weighted by atomic mass is 10.5. The molecule has 0 radical (unpaired) electrons. The van der Waals surface area contributed by atoms with Gasteiger partial charge in [-0.2, -0.15) is 0 Å². The molecule has 0 aliphatic carbocycles. The van der Waals surface area contributed by atoms with Crippen molar-refractivity contribution in [2.75, 3.05) is 0 Å². The first-order chi connectivity index (χ1) is 5.70. The van der Waals surface area contributed by atoms with Crippen molar-refractivity contribution in [3.63, 3.8) is 0 Å². The zero-order valence-electron chi connectivity index (χ0n) is 6.82. The molecule has 0 aliphatic rings. The molecule has 0 aliphatic heterocycles. The summed E-state index contributed by atoms with van der Waals surface area (Å²) in [5.74, 6) is -0.229. The quantitative estimate of drug-likeness (QED) is 0.387. The molecule has 1 heterocycles. The number of rotatable bonds is 1. The molecule has 5 heteroatoms. The molecule has 12 heavy (non-hydrogen) atoms. The van der Waals surface area contributed by atoms with Crippen LogP contribution in [0.3, 0.4) is 0 Å². The smallest absolute Gasteiger partial charge is 0.358 e. The molecule has 0 saturated heterocycles. The molecule has 0 atom stereocenters. The highest BCUT2D eigenvalue weighted by atomic mass is 35.5. The lowest BCUT2D eigenvalue weighted by Crippen LogP contribution is -1.90. The zero-order valence-corrected chi connectivity index (χ0v) is 7.58. The maximum Gasteiger partial charge on any atom is 0.365 e. The van der Waals surface area contributed by atoms with E-state index in [-0.39, 0.29) is 11.0 Å². The molecule has 0 spiro atoms. The SMILES string of the molecule is CC.O=[N+]([O-])c1cccc(Cl)n1. The minimum Gasteiger partial charge on any atom is -0.358 e. The van der Waals surface area contributed by atoms with Gasteiger partial charge in [0.25, 0.3) is 0 Å². The van der Waals surface area contributed by atoms with E-state index in [4.69, 9.17) is 11.6 Å². The Morgan fingerprint density at radius 3 is 2.42 bits per heavy atom. The third-order valence-corrected chi connectivity index (χ3v) is 1.10. The second-order valence-corrected chi connectivity index (χ2v) is 1.96. The van der Waals surface area contributed by atoms with E-state index in [0.29, 0.717) is 0 Å². The van der Waals surface area contributed by atoms with Gasteiger partial charge in [-0.3, -0.25) is 0 Å². The van der Waals surface area contributed by atoms with Crippen LogP contribution in [-0.2, 0) is 0 Å². The Morgan fingerprint density at radius 2 is 2.08 bits per heavy atom. The average molecular weight is 189 g/mol. The molecule has 0 bridgehead atoms. The van der Waals surface area contributed by atoms with Crippen LogP contribution in [0.4, 0.5) is 5.82 Å². The van der Waals surface area contributed by atoms with Crippen molar-refractivity contribution in [1.29, 1.82) is 0 Å². The zero-order chi connectivity index (χ0) is 9.56. The Labute approximate surface area is 75.3 Å². The Balaban J connectivity index is 0.000000561. The Morgan fingerprint density at radius 1 is 1.50 bits per heavy atom. The summed E-state index contributed by atoms with van der Waals surface area (Å²) in [7, 11) is 0. The summed E-state index contributed by atoms with van der Waals surface area (Å²) in [6.45, 7) is 4.00.